The van der Waals surface area contributed by atoms with E-state index in [4.69, 9.17) is 10.5 Å². The molecule has 2 heteroatoms. The van der Waals surface area contributed by atoms with Crippen molar-refractivity contribution in [2.45, 2.75) is 52.7 Å². The topological polar surface area (TPSA) is 35.2 Å². The van der Waals surface area contributed by atoms with Gasteiger partial charge in [-0.3, -0.25) is 0 Å². The normalized spacial score (nSPS) is 28.1. The van der Waals surface area contributed by atoms with Crippen LogP contribution < -0.4 is 10.5 Å². The van der Waals surface area contributed by atoms with Crippen LogP contribution in [0.1, 0.15) is 44.2 Å². The first kappa shape index (κ1) is 13.4. The second kappa shape index (κ2) is 5.75. The average Bonchev–Trinajstić information content (AvgIpc) is 2.27. The highest BCUT2D eigenvalue weighted by Gasteiger charge is 2.25. The van der Waals surface area contributed by atoms with Gasteiger partial charge in [0.2, 0.25) is 0 Å². The molecule has 0 saturated heterocycles. The van der Waals surface area contributed by atoms with Crippen molar-refractivity contribution in [3.8, 4) is 5.75 Å². The number of hydrogen-bond acceptors (Lipinski definition) is 2. The Morgan fingerprint density at radius 1 is 1.17 bits per heavy atom. The molecule has 2 unspecified atom stereocenters. The van der Waals surface area contributed by atoms with Crippen LogP contribution in [0.25, 0.3) is 0 Å². The number of benzene rings is 1. The summed E-state index contributed by atoms with van der Waals surface area (Å²) in [7, 11) is 0. The Morgan fingerprint density at radius 3 is 2.44 bits per heavy atom. The fraction of sp³-hybridized carbons (Fsp3) is 0.625. The predicted molar refractivity (Wildman–Crippen MR) is 75.7 cm³/mol. The van der Waals surface area contributed by atoms with E-state index in [0.717, 1.165) is 23.1 Å². The maximum Gasteiger partial charge on any atom is 0.124 e. The summed E-state index contributed by atoms with van der Waals surface area (Å²) in [5.74, 6) is 2.53. The molecule has 1 aliphatic rings. The Bertz CT molecular complexity index is 392. The summed E-state index contributed by atoms with van der Waals surface area (Å²) in [5.41, 5.74) is 8.13. The van der Waals surface area contributed by atoms with Crippen molar-refractivity contribution in [2.24, 2.45) is 17.6 Å². The molecule has 1 aliphatic carbocycles. The Labute approximate surface area is 111 Å². The fourth-order valence-corrected chi connectivity index (χ4v) is 3.09. The summed E-state index contributed by atoms with van der Waals surface area (Å²) in [6.07, 6.45) is 4.03. The molecule has 0 radical (unpaired) electrons. The van der Waals surface area contributed by atoms with Crippen LogP contribution in [-0.2, 0) is 6.54 Å². The summed E-state index contributed by atoms with van der Waals surface area (Å²) in [6, 6.07) is 6.30. The van der Waals surface area contributed by atoms with Gasteiger partial charge >= 0.3 is 0 Å². The molecule has 0 aromatic heterocycles. The minimum absolute atomic E-state index is 0.357. The fourth-order valence-electron chi connectivity index (χ4n) is 3.09. The van der Waals surface area contributed by atoms with Crippen LogP contribution in [0, 0.1) is 18.8 Å². The molecule has 0 heterocycles. The van der Waals surface area contributed by atoms with Gasteiger partial charge in [0.15, 0.2) is 0 Å². The first-order chi connectivity index (χ1) is 8.58. The number of rotatable bonds is 3. The van der Waals surface area contributed by atoms with Gasteiger partial charge in [-0.25, -0.2) is 0 Å². The van der Waals surface area contributed by atoms with Gasteiger partial charge < -0.3 is 10.5 Å². The van der Waals surface area contributed by atoms with Crippen LogP contribution in [-0.4, -0.2) is 6.10 Å². The minimum atomic E-state index is 0.357. The zero-order chi connectivity index (χ0) is 13.1. The van der Waals surface area contributed by atoms with E-state index in [1.54, 1.807) is 0 Å². The van der Waals surface area contributed by atoms with E-state index in [-0.39, 0.29) is 0 Å². The molecule has 0 amide bonds. The molecular weight excluding hydrogens is 222 g/mol. The smallest absolute Gasteiger partial charge is 0.124 e. The lowest BCUT2D eigenvalue weighted by atomic mass is 9.82. The third-order valence-electron chi connectivity index (χ3n) is 3.87. The van der Waals surface area contributed by atoms with Crippen molar-refractivity contribution < 1.29 is 4.74 Å². The third-order valence-corrected chi connectivity index (χ3v) is 3.87. The molecule has 0 spiro atoms. The number of ether oxygens (including phenoxy) is 1. The van der Waals surface area contributed by atoms with Gasteiger partial charge in [-0.2, -0.15) is 0 Å². The predicted octanol–water partition coefficient (Wildman–Crippen LogP) is 3.66. The summed E-state index contributed by atoms with van der Waals surface area (Å²) in [4.78, 5) is 0. The van der Waals surface area contributed by atoms with Gasteiger partial charge in [0.05, 0.1) is 6.10 Å². The molecule has 18 heavy (non-hydrogen) atoms. The molecule has 1 fully saturated rings. The van der Waals surface area contributed by atoms with Crippen molar-refractivity contribution in [1.82, 2.24) is 0 Å². The van der Waals surface area contributed by atoms with Crippen molar-refractivity contribution >= 4 is 0 Å². The molecule has 2 atom stereocenters. The van der Waals surface area contributed by atoms with Crippen LogP contribution in [0.3, 0.4) is 0 Å². The quantitative estimate of drug-likeness (QED) is 0.884. The Morgan fingerprint density at radius 2 is 1.83 bits per heavy atom. The lowest BCUT2D eigenvalue weighted by Crippen LogP contribution is -2.29. The zero-order valence-electron chi connectivity index (χ0n) is 11.8. The Hall–Kier alpha value is -1.02. The molecule has 100 valence electrons. The van der Waals surface area contributed by atoms with E-state index in [1.165, 1.54) is 24.8 Å². The molecular formula is C16H25NO. The largest absolute Gasteiger partial charge is 0.490 e. The van der Waals surface area contributed by atoms with Crippen LogP contribution in [0.5, 0.6) is 5.75 Å². The maximum absolute atomic E-state index is 6.22. The second-order valence-electron chi connectivity index (χ2n) is 5.97. The molecule has 0 aliphatic heterocycles. The lowest BCUT2D eigenvalue weighted by molar-refractivity contribution is 0.100. The maximum atomic E-state index is 6.22. The molecule has 1 saturated carbocycles. The summed E-state index contributed by atoms with van der Waals surface area (Å²) in [5, 5.41) is 0. The van der Waals surface area contributed by atoms with Crippen LogP contribution in [0.15, 0.2) is 18.2 Å². The third kappa shape index (κ3) is 3.26. The van der Waals surface area contributed by atoms with E-state index < -0.39 is 0 Å². The van der Waals surface area contributed by atoms with E-state index in [1.807, 2.05) is 0 Å². The van der Waals surface area contributed by atoms with Gasteiger partial charge in [-0.1, -0.05) is 26.0 Å². The molecule has 2 N–H and O–H groups in total. The van der Waals surface area contributed by atoms with Gasteiger partial charge in [-0.15, -0.1) is 0 Å². The molecule has 1 aromatic carbocycles. The van der Waals surface area contributed by atoms with E-state index in [9.17, 15) is 0 Å². The standard InChI is InChI=1S/C16H25NO/c1-11-4-5-14(10-17)16(9-11)18-15-7-12(2)6-13(3)8-15/h4-5,9,12-13,15H,6-8,10,17H2,1-3H3. The van der Waals surface area contributed by atoms with Crippen molar-refractivity contribution in [1.29, 1.82) is 0 Å². The van der Waals surface area contributed by atoms with Gasteiger partial charge in [0, 0.05) is 12.1 Å². The highest BCUT2D eigenvalue weighted by molar-refractivity contribution is 5.37. The Balaban J connectivity index is 2.10. The van der Waals surface area contributed by atoms with E-state index in [2.05, 4.69) is 39.0 Å². The van der Waals surface area contributed by atoms with Crippen LogP contribution in [0.4, 0.5) is 0 Å². The SMILES string of the molecule is Cc1ccc(CN)c(OC2CC(C)CC(C)C2)c1. The monoisotopic (exact) mass is 247 g/mol. The van der Waals surface area contributed by atoms with Crippen molar-refractivity contribution in [3.05, 3.63) is 29.3 Å². The summed E-state index contributed by atoms with van der Waals surface area (Å²) < 4.78 is 6.22. The number of hydrogen-bond donors (Lipinski definition) is 1. The number of nitrogens with two attached hydrogens (primary N) is 1. The van der Waals surface area contributed by atoms with E-state index >= 15 is 0 Å². The first-order valence-corrected chi connectivity index (χ1v) is 7.04. The van der Waals surface area contributed by atoms with E-state index in [0.29, 0.717) is 12.6 Å². The highest BCUT2D eigenvalue weighted by Crippen LogP contribution is 2.32. The van der Waals surface area contributed by atoms with Crippen LogP contribution >= 0.6 is 0 Å². The molecule has 1 aromatic rings. The Kier molecular flexibility index (Phi) is 4.28. The van der Waals surface area contributed by atoms with Gasteiger partial charge in [-0.05, 0) is 49.7 Å². The average molecular weight is 247 g/mol. The van der Waals surface area contributed by atoms with Gasteiger partial charge in [0.1, 0.15) is 5.75 Å². The minimum Gasteiger partial charge on any atom is -0.490 e. The zero-order valence-corrected chi connectivity index (χ0v) is 11.8. The van der Waals surface area contributed by atoms with Crippen molar-refractivity contribution in [2.75, 3.05) is 0 Å². The molecule has 0 bridgehead atoms. The lowest BCUT2D eigenvalue weighted by Gasteiger charge is -2.32. The summed E-state index contributed by atoms with van der Waals surface area (Å²) in [6.45, 7) is 7.30. The highest BCUT2D eigenvalue weighted by atomic mass is 16.5. The second-order valence-corrected chi connectivity index (χ2v) is 5.97. The van der Waals surface area contributed by atoms with Crippen molar-refractivity contribution in [3.63, 3.8) is 0 Å². The first-order valence-electron chi connectivity index (χ1n) is 7.04. The number of aryl methyl sites for hydroxylation is 1. The summed E-state index contributed by atoms with van der Waals surface area (Å²) >= 11 is 0. The molecule has 2 nitrogen and oxygen atoms in total. The van der Waals surface area contributed by atoms with Gasteiger partial charge in [0.25, 0.3) is 0 Å². The molecule has 2 rings (SSSR count). The van der Waals surface area contributed by atoms with Crippen LogP contribution in [0.2, 0.25) is 0 Å².